The molecule has 6 nitrogen and oxygen atoms in total. The van der Waals surface area contributed by atoms with Gasteiger partial charge in [-0.3, -0.25) is 4.79 Å². The molecule has 1 saturated heterocycles. The molecule has 2 N–H and O–H groups in total. The number of rotatable bonds is 5. The number of esters is 1. The summed E-state index contributed by atoms with van der Waals surface area (Å²) in [6.45, 7) is 0.866. The minimum atomic E-state index is -0.381. The molecule has 3 rings (SSSR count). The van der Waals surface area contributed by atoms with Crippen molar-refractivity contribution in [3.05, 3.63) is 35.9 Å². The zero-order valence-corrected chi connectivity index (χ0v) is 13.9. The molecular formula is C18H24N2O4. The van der Waals surface area contributed by atoms with E-state index < -0.39 is 0 Å². The van der Waals surface area contributed by atoms with Gasteiger partial charge in [0.2, 0.25) is 0 Å². The Morgan fingerprint density at radius 1 is 1.25 bits per heavy atom. The van der Waals surface area contributed by atoms with E-state index in [0.717, 1.165) is 31.2 Å². The summed E-state index contributed by atoms with van der Waals surface area (Å²) >= 11 is 0. The summed E-state index contributed by atoms with van der Waals surface area (Å²) in [7, 11) is 1.42. The van der Waals surface area contributed by atoms with Crippen molar-refractivity contribution in [1.29, 1.82) is 0 Å². The maximum atomic E-state index is 12.1. The molecule has 1 amide bonds. The fourth-order valence-electron chi connectivity index (χ4n) is 3.35. The summed E-state index contributed by atoms with van der Waals surface area (Å²) in [4.78, 5) is 23.7. The van der Waals surface area contributed by atoms with Crippen LogP contribution in [0.1, 0.15) is 31.2 Å². The average Bonchev–Trinajstić information content (AvgIpc) is 3.41. The first-order valence-electron chi connectivity index (χ1n) is 8.43. The highest BCUT2D eigenvalue weighted by Gasteiger charge is 2.52. The van der Waals surface area contributed by atoms with Crippen molar-refractivity contribution in [3.63, 3.8) is 0 Å². The zero-order valence-electron chi connectivity index (χ0n) is 13.9. The van der Waals surface area contributed by atoms with Crippen LogP contribution in [0.3, 0.4) is 0 Å². The lowest BCUT2D eigenvalue weighted by Crippen LogP contribution is -2.56. The maximum absolute atomic E-state index is 12.1. The highest BCUT2D eigenvalue weighted by Crippen LogP contribution is 2.42. The smallest absolute Gasteiger partial charge is 0.407 e. The van der Waals surface area contributed by atoms with Crippen LogP contribution in [0.25, 0.3) is 0 Å². The molecule has 1 aliphatic carbocycles. The first-order chi connectivity index (χ1) is 11.6. The number of ether oxygens (including phenoxy) is 2. The summed E-state index contributed by atoms with van der Waals surface area (Å²) in [6.07, 6.45) is 3.13. The normalized spacial score (nSPS) is 24.7. The van der Waals surface area contributed by atoms with E-state index >= 15 is 0 Å². The molecule has 6 heteroatoms. The predicted octanol–water partition coefficient (Wildman–Crippen LogP) is 1.99. The molecule has 2 aliphatic rings. The van der Waals surface area contributed by atoms with Crippen molar-refractivity contribution >= 4 is 12.1 Å². The second-order valence-corrected chi connectivity index (χ2v) is 6.60. The molecule has 24 heavy (non-hydrogen) atoms. The molecule has 0 bridgehead atoms. The summed E-state index contributed by atoms with van der Waals surface area (Å²) < 4.78 is 10.1. The lowest BCUT2D eigenvalue weighted by molar-refractivity contribution is -0.146. The van der Waals surface area contributed by atoms with E-state index in [0.29, 0.717) is 6.54 Å². The molecule has 2 unspecified atom stereocenters. The van der Waals surface area contributed by atoms with Gasteiger partial charge < -0.3 is 20.1 Å². The molecule has 0 spiro atoms. The molecule has 2 fully saturated rings. The van der Waals surface area contributed by atoms with Gasteiger partial charge in [0.15, 0.2) is 0 Å². The number of carbonyl (C=O) groups excluding carboxylic acids is 2. The van der Waals surface area contributed by atoms with Gasteiger partial charge in [-0.25, -0.2) is 4.79 Å². The summed E-state index contributed by atoms with van der Waals surface area (Å²) in [6, 6.07) is 9.80. The van der Waals surface area contributed by atoms with Gasteiger partial charge in [-0.05, 0) is 31.2 Å². The topological polar surface area (TPSA) is 76.7 Å². The van der Waals surface area contributed by atoms with Gasteiger partial charge in [0.1, 0.15) is 6.61 Å². The molecule has 130 valence electrons. The lowest BCUT2D eigenvalue weighted by Gasteiger charge is -2.34. The van der Waals surface area contributed by atoms with E-state index in [2.05, 4.69) is 10.6 Å². The van der Waals surface area contributed by atoms with Crippen molar-refractivity contribution in [1.82, 2.24) is 10.6 Å². The minimum Gasteiger partial charge on any atom is -0.469 e. The van der Waals surface area contributed by atoms with Crippen LogP contribution >= 0.6 is 0 Å². The third-order valence-electron chi connectivity index (χ3n) is 4.97. The monoisotopic (exact) mass is 332 g/mol. The highest BCUT2D eigenvalue weighted by atomic mass is 16.5. The van der Waals surface area contributed by atoms with Crippen LogP contribution in [0.2, 0.25) is 0 Å². The molecule has 1 aromatic carbocycles. The highest BCUT2D eigenvalue weighted by molar-refractivity contribution is 5.72. The van der Waals surface area contributed by atoms with Crippen LogP contribution in [-0.4, -0.2) is 37.3 Å². The molecule has 0 aromatic heterocycles. The fraction of sp³-hybridized carbons (Fsp3) is 0.556. The predicted molar refractivity (Wildman–Crippen MR) is 88.3 cm³/mol. The number of piperidine rings is 1. The fourth-order valence-corrected chi connectivity index (χ4v) is 3.35. The first-order valence-corrected chi connectivity index (χ1v) is 8.43. The first kappa shape index (κ1) is 16.8. The van der Waals surface area contributed by atoms with Crippen molar-refractivity contribution in [2.24, 2.45) is 5.92 Å². The summed E-state index contributed by atoms with van der Waals surface area (Å²) in [5.74, 6) is -0.256. The van der Waals surface area contributed by atoms with Gasteiger partial charge in [0.05, 0.1) is 18.6 Å². The lowest BCUT2D eigenvalue weighted by atomic mass is 9.90. The van der Waals surface area contributed by atoms with Gasteiger partial charge in [-0.15, -0.1) is 0 Å². The van der Waals surface area contributed by atoms with E-state index in [-0.39, 0.29) is 36.2 Å². The number of alkyl carbamates (subject to hydrolysis) is 1. The van der Waals surface area contributed by atoms with Gasteiger partial charge >= 0.3 is 12.1 Å². The quantitative estimate of drug-likeness (QED) is 0.807. The molecule has 1 aromatic rings. The van der Waals surface area contributed by atoms with Crippen molar-refractivity contribution in [3.8, 4) is 0 Å². The molecule has 1 aliphatic heterocycles. The summed E-state index contributed by atoms with van der Waals surface area (Å²) in [5, 5.41) is 6.42. The van der Waals surface area contributed by atoms with Crippen LogP contribution in [0.5, 0.6) is 0 Å². The van der Waals surface area contributed by atoms with E-state index in [9.17, 15) is 9.59 Å². The Bertz CT molecular complexity index is 578. The van der Waals surface area contributed by atoms with Crippen molar-refractivity contribution in [2.45, 2.75) is 43.9 Å². The van der Waals surface area contributed by atoms with E-state index in [1.54, 1.807) is 0 Å². The summed E-state index contributed by atoms with van der Waals surface area (Å²) in [5.41, 5.74) is 0.740. The van der Waals surface area contributed by atoms with E-state index in [1.165, 1.54) is 7.11 Å². The number of benzene rings is 1. The Morgan fingerprint density at radius 2 is 2.00 bits per heavy atom. The maximum Gasteiger partial charge on any atom is 0.407 e. The van der Waals surface area contributed by atoms with Gasteiger partial charge in [-0.1, -0.05) is 30.3 Å². The SMILES string of the molecule is COC(=O)C1CCC(C2(NC(=O)OCc3ccccc3)CC2)NC1. The van der Waals surface area contributed by atoms with Crippen molar-refractivity contribution < 1.29 is 19.1 Å². The number of hydrogen-bond acceptors (Lipinski definition) is 5. The zero-order chi connectivity index (χ0) is 17.0. The molecule has 1 heterocycles. The Kier molecular flexibility index (Phi) is 5.04. The van der Waals surface area contributed by atoms with Gasteiger partial charge in [-0.2, -0.15) is 0 Å². The van der Waals surface area contributed by atoms with Crippen LogP contribution in [0.15, 0.2) is 30.3 Å². The third kappa shape index (κ3) is 3.87. The second-order valence-electron chi connectivity index (χ2n) is 6.60. The number of carbonyl (C=O) groups is 2. The van der Waals surface area contributed by atoms with Crippen LogP contribution in [-0.2, 0) is 20.9 Å². The Morgan fingerprint density at radius 3 is 2.58 bits per heavy atom. The van der Waals surface area contributed by atoms with E-state index in [1.807, 2.05) is 30.3 Å². The molecule has 2 atom stereocenters. The second kappa shape index (κ2) is 7.21. The van der Waals surface area contributed by atoms with Gasteiger partial charge in [0.25, 0.3) is 0 Å². The Balaban J connectivity index is 1.46. The Hall–Kier alpha value is -2.08. The molecule has 0 radical (unpaired) electrons. The third-order valence-corrected chi connectivity index (χ3v) is 4.97. The number of amides is 1. The van der Waals surface area contributed by atoms with Crippen LogP contribution in [0.4, 0.5) is 4.79 Å². The number of methoxy groups -OCH3 is 1. The van der Waals surface area contributed by atoms with Gasteiger partial charge in [0, 0.05) is 12.6 Å². The minimum absolute atomic E-state index is 0.0907. The van der Waals surface area contributed by atoms with Crippen LogP contribution in [0, 0.1) is 5.92 Å². The van der Waals surface area contributed by atoms with E-state index in [4.69, 9.17) is 9.47 Å². The number of hydrogen-bond donors (Lipinski definition) is 2. The number of nitrogens with one attached hydrogen (secondary N) is 2. The molecule has 1 saturated carbocycles. The van der Waals surface area contributed by atoms with Crippen molar-refractivity contribution in [2.75, 3.05) is 13.7 Å². The largest absolute Gasteiger partial charge is 0.469 e. The Labute approximate surface area is 141 Å². The van der Waals surface area contributed by atoms with Crippen LogP contribution < -0.4 is 10.6 Å². The standard InChI is InChI=1S/C18H24N2O4/c1-23-16(21)14-7-8-15(19-11-14)18(9-10-18)20-17(22)24-12-13-5-3-2-4-6-13/h2-6,14-15,19H,7-12H2,1H3,(H,20,22). The average molecular weight is 332 g/mol. The molecular weight excluding hydrogens is 308 g/mol.